The fraction of sp³-hybridized carbons (Fsp3) is 0.300. The minimum absolute atomic E-state index is 0.00741. The predicted octanol–water partition coefficient (Wildman–Crippen LogP) is 3.33. The molecule has 1 saturated heterocycles. The van der Waals surface area contributed by atoms with Gasteiger partial charge in [0.25, 0.3) is 5.91 Å². The molecule has 7 heteroatoms. The van der Waals surface area contributed by atoms with Crippen molar-refractivity contribution >= 4 is 5.91 Å². The summed E-state index contributed by atoms with van der Waals surface area (Å²) in [4.78, 5) is 19.0. The van der Waals surface area contributed by atoms with Crippen LogP contribution in [0.15, 0.2) is 61.1 Å². The summed E-state index contributed by atoms with van der Waals surface area (Å²) in [5.41, 5.74) is 0.578. The Morgan fingerprint density at radius 3 is 2.70 bits per heavy atom. The first kappa shape index (κ1) is 17.2. The van der Waals surface area contributed by atoms with Gasteiger partial charge in [-0.05, 0) is 37.5 Å². The highest BCUT2D eigenvalue weighted by molar-refractivity contribution is 5.94. The number of pyridine rings is 1. The molecular weight excluding hydrogens is 342 g/mol. The lowest BCUT2D eigenvalue weighted by molar-refractivity contribution is 0.0759. The largest absolute Gasteiger partial charge is 0.439 e. The highest BCUT2D eigenvalue weighted by Crippen LogP contribution is 2.23. The zero-order valence-corrected chi connectivity index (χ0v) is 14.9. The number of rotatable bonds is 4. The third-order valence-corrected chi connectivity index (χ3v) is 4.75. The molecule has 27 heavy (non-hydrogen) atoms. The second-order valence-electron chi connectivity index (χ2n) is 6.56. The van der Waals surface area contributed by atoms with E-state index in [1.54, 1.807) is 24.5 Å². The third kappa shape index (κ3) is 4.13. The van der Waals surface area contributed by atoms with Crippen LogP contribution in [0.1, 0.15) is 35.7 Å². The smallest absolute Gasteiger partial charge is 0.255 e. The number of benzene rings is 1. The number of aromatic nitrogens is 4. The van der Waals surface area contributed by atoms with Crippen molar-refractivity contribution in [3.63, 3.8) is 0 Å². The highest BCUT2D eigenvalue weighted by atomic mass is 16.5. The van der Waals surface area contributed by atoms with Gasteiger partial charge in [-0.1, -0.05) is 23.4 Å². The van der Waals surface area contributed by atoms with Gasteiger partial charge in [0.05, 0.1) is 17.8 Å². The van der Waals surface area contributed by atoms with Gasteiger partial charge in [-0.2, -0.15) is 0 Å². The highest BCUT2D eigenvalue weighted by Gasteiger charge is 2.23. The van der Waals surface area contributed by atoms with E-state index in [0.717, 1.165) is 31.6 Å². The molecule has 1 aliphatic rings. The van der Waals surface area contributed by atoms with Crippen LogP contribution in [-0.2, 0) is 0 Å². The third-order valence-electron chi connectivity index (χ3n) is 4.75. The van der Waals surface area contributed by atoms with E-state index in [-0.39, 0.29) is 5.91 Å². The van der Waals surface area contributed by atoms with Gasteiger partial charge in [-0.25, -0.2) is 9.67 Å². The summed E-state index contributed by atoms with van der Waals surface area (Å²) >= 11 is 0. The van der Waals surface area contributed by atoms with Crippen LogP contribution in [0.4, 0.5) is 0 Å². The van der Waals surface area contributed by atoms with Crippen molar-refractivity contribution < 1.29 is 9.53 Å². The molecule has 3 heterocycles. The van der Waals surface area contributed by atoms with Gasteiger partial charge in [-0.15, -0.1) is 5.10 Å². The molecule has 1 aromatic carbocycles. The maximum absolute atomic E-state index is 12.8. The first-order chi connectivity index (χ1) is 13.3. The summed E-state index contributed by atoms with van der Waals surface area (Å²) in [5, 5.41) is 7.97. The summed E-state index contributed by atoms with van der Waals surface area (Å²) in [7, 11) is 0. The van der Waals surface area contributed by atoms with Crippen molar-refractivity contribution in [2.45, 2.75) is 25.3 Å². The van der Waals surface area contributed by atoms with E-state index >= 15 is 0 Å². The minimum atomic E-state index is 0.00741. The first-order valence-corrected chi connectivity index (χ1v) is 9.13. The van der Waals surface area contributed by atoms with E-state index in [4.69, 9.17) is 4.74 Å². The number of carbonyl (C=O) groups is 1. The van der Waals surface area contributed by atoms with E-state index in [9.17, 15) is 4.79 Å². The molecule has 0 aliphatic carbocycles. The Kier molecular flexibility index (Phi) is 5.09. The number of hydrogen-bond donors (Lipinski definition) is 0. The van der Waals surface area contributed by atoms with Crippen molar-refractivity contribution in [2.24, 2.45) is 0 Å². The molecule has 7 nitrogen and oxygen atoms in total. The maximum atomic E-state index is 12.8. The number of para-hydroxylation sites is 1. The summed E-state index contributed by atoms with van der Waals surface area (Å²) in [6.07, 6.45) is 7.97. The number of carbonyl (C=O) groups excluding carboxylic acids is 1. The first-order valence-electron chi connectivity index (χ1n) is 9.13. The van der Waals surface area contributed by atoms with Crippen molar-refractivity contribution in [1.29, 1.82) is 0 Å². The Hall–Kier alpha value is -3.22. The predicted molar refractivity (Wildman–Crippen MR) is 99.6 cm³/mol. The van der Waals surface area contributed by atoms with Crippen LogP contribution in [0, 0.1) is 0 Å². The van der Waals surface area contributed by atoms with Crippen LogP contribution in [0.2, 0.25) is 0 Å². The van der Waals surface area contributed by atoms with E-state index in [1.165, 1.54) is 0 Å². The molecule has 1 aliphatic heterocycles. The molecule has 0 N–H and O–H groups in total. The topological polar surface area (TPSA) is 73.1 Å². The molecule has 4 rings (SSSR count). The van der Waals surface area contributed by atoms with Gasteiger partial charge in [0.1, 0.15) is 5.75 Å². The molecule has 0 bridgehead atoms. The number of hydrogen-bond acceptors (Lipinski definition) is 5. The van der Waals surface area contributed by atoms with E-state index in [1.807, 2.05) is 46.1 Å². The minimum Gasteiger partial charge on any atom is -0.439 e. The standard InChI is InChI=1S/C20H21N5O2/c26-20(24-12-4-5-17(10-13-24)25-14-11-22-23-25)16-8-9-19(21-15-16)27-18-6-2-1-3-7-18/h1-3,6-9,11,14-15,17H,4-5,10,12-13H2. The molecule has 2 aromatic heterocycles. The van der Waals surface area contributed by atoms with E-state index < -0.39 is 0 Å². The SMILES string of the molecule is O=C(c1ccc(Oc2ccccc2)nc1)N1CCCC(n2ccnn2)CC1. The van der Waals surface area contributed by atoms with Crippen LogP contribution in [0.25, 0.3) is 0 Å². The maximum Gasteiger partial charge on any atom is 0.255 e. The Morgan fingerprint density at radius 1 is 1.07 bits per heavy atom. The number of nitrogens with zero attached hydrogens (tertiary/aromatic N) is 5. The molecule has 1 fully saturated rings. The van der Waals surface area contributed by atoms with Crippen molar-refractivity contribution in [2.75, 3.05) is 13.1 Å². The van der Waals surface area contributed by atoms with Crippen molar-refractivity contribution in [3.8, 4) is 11.6 Å². The Morgan fingerprint density at radius 2 is 1.96 bits per heavy atom. The van der Waals surface area contributed by atoms with Gasteiger partial charge in [0, 0.05) is 31.5 Å². The lowest BCUT2D eigenvalue weighted by Gasteiger charge is -2.20. The second-order valence-corrected chi connectivity index (χ2v) is 6.56. The lowest BCUT2D eigenvalue weighted by Crippen LogP contribution is -2.32. The van der Waals surface area contributed by atoms with Gasteiger partial charge < -0.3 is 9.64 Å². The molecule has 3 aromatic rings. The fourth-order valence-corrected chi connectivity index (χ4v) is 3.32. The molecule has 1 amide bonds. The number of ether oxygens (including phenoxy) is 1. The fourth-order valence-electron chi connectivity index (χ4n) is 3.32. The lowest BCUT2D eigenvalue weighted by atomic mass is 10.1. The van der Waals surface area contributed by atoms with Gasteiger partial charge >= 0.3 is 0 Å². The summed E-state index contributed by atoms with van der Waals surface area (Å²) in [6, 6.07) is 13.3. The van der Waals surface area contributed by atoms with Crippen LogP contribution >= 0.6 is 0 Å². The molecule has 138 valence electrons. The average molecular weight is 363 g/mol. The monoisotopic (exact) mass is 363 g/mol. The molecular formula is C20H21N5O2. The Labute approximate surface area is 157 Å². The molecule has 0 saturated carbocycles. The number of likely N-dealkylation sites (tertiary alicyclic amines) is 1. The molecule has 0 radical (unpaired) electrons. The quantitative estimate of drug-likeness (QED) is 0.711. The van der Waals surface area contributed by atoms with E-state index in [2.05, 4.69) is 15.3 Å². The molecule has 1 unspecified atom stereocenters. The average Bonchev–Trinajstić information content (AvgIpc) is 3.14. The van der Waals surface area contributed by atoms with Crippen molar-refractivity contribution in [3.05, 3.63) is 66.6 Å². The normalized spacial score (nSPS) is 17.3. The second kappa shape index (κ2) is 7.99. The summed E-state index contributed by atoms with van der Waals surface area (Å²) in [5.74, 6) is 1.20. The summed E-state index contributed by atoms with van der Waals surface area (Å²) < 4.78 is 7.58. The van der Waals surface area contributed by atoms with E-state index in [0.29, 0.717) is 24.0 Å². The zero-order chi connectivity index (χ0) is 18.5. The van der Waals surface area contributed by atoms with Gasteiger partial charge in [0.2, 0.25) is 5.88 Å². The van der Waals surface area contributed by atoms with Gasteiger partial charge in [-0.3, -0.25) is 4.79 Å². The zero-order valence-electron chi connectivity index (χ0n) is 14.9. The Balaban J connectivity index is 1.39. The van der Waals surface area contributed by atoms with Crippen LogP contribution in [-0.4, -0.2) is 43.9 Å². The van der Waals surface area contributed by atoms with Crippen LogP contribution < -0.4 is 4.74 Å². The summed E-state index contributed by atoms with van der Waals surface area (Å²) in [6.45, 7) is 1.44. The van der Waals surface area contributed by atoms with Crippen LogP contribution in [0.5, 0.6) is 11.6 Å². The Bertz CT molecular complexity index is 865. The molecule has 0 spiro atoms. The number of amides is 1. The van der Waals surface area contributed by atoms with Crippen LogP contribution in [0.3, 0.4) is 0 Å². The molecule has 1 atom stereocenters. The van der Waals surface area contributed by atoms with Gasteiger partial charge in [0.15, 0.2) is 0 Å². The van der Waals surface area contributed by atoms with Crippen molar-refractivity contribution in [1.82, 2.24) is 24.9 Å².